The molecule has 7 nitrogen and oxygen atoms in total. The highest BCUT2D eigenvalue weighted by molar-refractivity contribution is 5.95. The first-order valence-corrected chi connectivity index (χ1v) is 10.1. The zero-order valence-corrected chi connectivity index (χ0v) is 16.6. The van der Waals surface area contributed by atoms with E-state index in [1.807, 2.05) is 0 Å². The molecule has 1 aliphatic carbocycles. The number of nitrogens with one attached hydrogen (secondary N) is 1. The van der Waals surface area contributed by atoms with Gasteiger partial charge in [-0.3, -0.25) is 9.59 Å². The molecule has 0 spiro atoms. The van der Waals surface area contributed by atoms with Gasteiger partial charge in [-0.2, -0.15) is 0 Å². The lowest BCUT2D eigenvalue weighted by Crippen LogP contribution is -2.53. The van der Waals surface area contributed by atoms with E-state index in [9.17, 15) is 23.5 Å². The fourth-order valence-electron chi connectivity index (χ4n) is 3.83. The van der Waals surface area contributed by atoms with Gasteiger partial charge in [-0.05, 0) is 25.0 Å². The van der Waals surface area contributed by atoms with Crippen LogP contribution in [-0.4, -0.2) is 68.5 Å². The Hall–Kier alpha value is -3.33. The number of rotatable bonds is 3. The zero-order chi connectivity index (χ0) is 21.8. The summed E-state index contributed by atoms with van der Waals surface area (Å²) in [7, 11) is 0. The average Bonchev–Trinajstić information content (AvgIpc) is 3.41. The molecule has 2 fully saturated rings. The van der Waals surface area contributed by atoms with Crippen molar-refractivity contribution in [1.82, 2.24) is 19.8 Å². The molecule has 0 unspecified atom stereocenters. The molecule has 1 saturated carbocycles. The van der Waals surface area contributed by atoms with Crippen LogP contribution in [0.25, 0.3) is 22.4 Å². The molecular weight excluding hydrogens is 406 g/mol. The smallest absolute Gasteiger partial charge is 0.254 e. The van der Waals surface area contributed by atoms with Crippen LogP contribution in [0.5, 0.6) is 0 Å². The Morgan fingerprint density at radius 3 is 2.23 bits per heavy atom. The number of amides is 2. The van der Waals surface area contributed by atoms with Gasteiger partial charge in [0, 0.05) is 49.4 Å². The van der Waals surface area contributed by atoms with Crippen molar-refractivity contribution < 1.29 is 23.5 Å². The highest BCUT2D eigenvalue weighted by atomic mass is 19.2. The summed E-state index contributed by atoms with van der Waals surface area (Å²) < 4.78 is 26.8. The summed E-state index contributed by atoms with van der Waals surface area (Å²) in [6, 6.07) is 8.90. The summed E-state index contributed by atoms with van der Waals surface area (Å²) in [6.45, 7) is 1.61. The van der Waals surface area contributed by atoms with Crippen LogP contribution in [-0.2, 0) is 4.79 Å². The lowest BCUT2D eigenvalue weighted by atomic mass is 10.1. The van der Waals surface area contributed by atoms with E-state index in [2.05, 4.69) is 9.97 Å². The van der Waals surface area contributed by atoms with Crippen molar-refractivity contribution in [3.8, 4) is 11.4 Å². The highest BCUT2D eigenvalue weighted by Gasteiger charge is 2.50. The van der Waals surface area contributed by atoms with Gasteiger partial charge in [0.2, 0.25) is 0 Å². The second-order valence-corrected chi connectivity index (χ2v) is 8.06. The van der Waals surface area contributed by atoms with E-state index < -0.39 is 17.2 Å². The van der Waals surface area contributed by atoms with Gasteiger partial charge in [0.25, 0.3) is 11.8 Å². The van der Waals surface area contributed by atoms with E-state index in [0.717, 1.165) is 12.1 Å². The fourth-order valence-corrected chi connectivity index (χ4v) is 3.83. The molecule has 0 radical (unpaired) electrons. The van der Waals surface area contributed by atoms with Crippen molar-refractivity contribution in [3.63, 3.8) is 0 Å². The summed E-state index contributed by atoms with van der Waals surface area (Å²) in [5.41, 5.74) is 0.699. The quantitative estimate of drug-likeness (QED) is 0.673. The first kappa shape index (κ1) is 19.6. The third kappa shape index (κ3) is 3.54. The lowest BCUT2D eigenvalue weighted by Gasteiger charge is -2.35. The molecule has 0 atom stereocenters. The molecule has 160 valence electrons. The van der Waals surface area contributed by atoms with Crippen molar-refractivity contribution >= 4 is 22.8 Å². The van der Waals surface area contributed by atoms with Gasteiger partial charge >= 0.3 is 0 Å². The number of aromatic amines is 1. The summed E-state index contributed by atoms with van der Waals surface area (Å²) in [5, 5.41) is 9.98. The largest absolute Gasteiger partial charge is 0.380 e. The summed E-state index contributed by atoms with van der Waals surface area (Å²) in [6.07, 6.45) is 1.01. The van der Waals surface area contributed by atoms with E-state index in [-0.39, 0.29) is 11.8 Å². The van der Waals surface area contributed by atoms with E-state index >= 15 is 0 Å². The number of nitrogens with zero attached hydrogens (tertiary/aromatic N) is 3. The minimum absolute atomic E-state index is 0.141. The maximum Gasteiger partial charge on any atom is 0.254 e. The van der Waals surface area contributed by atoms with Crippen LogP contribution in [0.1, 0.15) is 23.2 Å². The van der Waals surface area contributed by atoms with Crippen LogP contribution in [0.4, 0.5) is 8.78 Å². The second kappa shape index (κ2) is 7.12. The number of fused-ring (bicyclic) bond motifs is 1. The summed E-state index contributed by atoms with van der Waals surface area (Å²) in [5.74, 6) is -1.84. The maximum absolute atomic E-state index is 13.4. The van der Waals surface area contributed by atoms with Gasteiger partial charge in [-0.25, -0.2) is 13.8 Å². The molecule has 2 amide bonds. The van der Waals surface area contributed by atoms with Gasteiger partial charge in [0.05, 0.1) is 11.0 Å². The standard InChI is InChI=1S/C22H20F2N4O3/c23-15-11-17-18(12-16(15)24)26-19(25-17)13-1-3-14(4-2-13)20(29)27-7-9-28(10-8-27)21(30)22(31)5-6-22/h1-4,11-12,31H,5-10H2,(H,25,26). The maximum atomic E-state index is 13.4. The van der Waals surface area contributed by atoms with Crippen molar-refractivity contribution in [2.75, 3.05) is 26.2 Å². The molecule has 2 aromatic carbocycles. The monoisotopic (exact) mass is 426 g/mol. The number of carbonyl (C=O) groups excluding carboxylic acids is 2. The van der Waals surface area contributed by atoms with Crippen LogP contribution < -0.4 is 0 Å². The molecule has 5 rings (SSSR count). The first-order valence-electron chi connectivity index (χ1n) is 10.1. The molecule has 2 aliphatic rings. The number of H-pyrrole nitrogens is 1. The van der Waals surface area contributed by atoms with E-state index in [1.165, 1.54) is 0 Å². The Morgan fingerprint density at radius 1 is 0.968 bits per heavy atom. The van der Waals surface area contributed by atoms with Crippen LogP contribution in [0.3, 0.4) is 0 Å². The molecule has 1 aromatic heterocycles. The molecule has 2 heterocycles. The number of hydrogen-bond acceptors (Lipinski definition) is 4. The van der Waals surface area contributed by atoms with Crippen molar-refractivity contribution in [1.29, 1.82) is 0 Å². The molecule has 1 aliphatic heterocycles. The Balaban J connectivity index is 1.27. The topological polar surface area (TPSA) is 89.5 Å². The normalized spacial score (nSPS) is 17.8. The molecule has 0 bridgehead atoms. The molecule has 3 aromatic rings. The fraction of sp³-hybridized carbons (Fsp3) is 0.318. The Labute approximate surface area is 176 Å². The van der Waals surface area contributed by atoms with Crippen LogP contribution in [0.2, 0.25) is 0 Å². The minimum Gasteiger partial charge on any atom is -0.380 e. The van der Waals surface area contributed by atoms with Gasteiger partial charge in [-0.15, -0.1) is 0 Å². The summed E-state index contributed by atoms with van der Waals surface area (Å²) in [4.78, 5) is 35.6. The van der Waals surface area contributed by atoms with E-state index in [0.29, 0.717) is 67.0 Å². The lowest BCUT2D eigenvalue weighted by molar-refractivity contribution is -0.143. The SMILES string of the molecule is O=C(c1ccc(-c2nc3cc(F)c(F)cc3[nH]2)cc1)N1CCN(C(=O)C2(O)CC2)CC1. The van der Waals surface area contributed by atoms with E-state index in [4.69, 9.17) is 0 Å². The third-order valence-electron chi connectivity index (χ3n) is 5.91. The number of halogens is 2. The minimum atomic E-state index is -1.18. The molecule has 31 heavy (non-hydrogen) atoms. The first-order chi connectivity index (χ1) is 14.8. The highest BCUT2D eigenvalue weighted by Crippen LogP contribution is 2.37. The Kier molecular flexibility index (Phi) is 4.51. The van der Waals surface area contributed by atoms with Crippen molar-refractivity contribution in [2.45, 2.75) is 18.4 Å². The molecular formula is C22H20F2N4O3. The van der Waals surface area contributed by atoms with Gasteiger partial charge < -0.3 is 19.9 Å². The van der Waals surface area contributed by atoms with Crippen LogP contribution in [0, 0.1) is 11.6 Å². The number of imidazole rings is 1. The van der Waals surface area contributed by atoms with Crippen molar-refractivity contribution in [2.24, 2.45) is 0 Å². The van der Waals surface area contributed by atoms with Gasteiger partial charge in [-0.1, -0.05) is 12.1 Å². The number of aromatic nitrogens is 2. The zero-order valence-electron chi connectivity index (χ0n) is 16.6. The van der Waals surface area contributed by atoms with Crippen molar-refractivity contribution in [3.05, 3.63) is 53.6 Å². The Bertz CT molecular complexity index is 1140. The Morgan fingerprint density at radius 2 is 1.58 bits per heavy atom. The van der Waals surface area contributed by atoms with E-state index in [1.54, 1.807) is 34.1 Å². The van der Waals surface area contributed by atoms with Crippen LogP contribution >= 0.6 is 0 Å². The number of hydrogen-bond donors (Lipinski definition) is 2. The number of aliphatic hydroxyl groups is 1. The average molecular weight is 426 g/mol. The van der Waals surface area contributed by atoms with Gasteiger partial charge in [0.15, 0.2) is 11.6 Å². The number of piperazine rings is 1. The van der Waals surface area contributed by atoms with Crippen LogP contribution in [0.15, 0.2) is 36.4 Å². The number of benzene rings is 2. The predicted octanol–water partition coefficient (Wildman–Crippen LogP) is 2.32. The van der Waals surface area contributed by atoms with Gasteiger partial charge in [0.1, 0.15) is 11.4 Å². The third-order valence-corrected chi connectivity index (χ3v) is 5.91. The number of carbonyl (C=O) groups is 2. The second-order valence-electron chi connectivity index (χ2n) is 8.06. The molecule has 1 saturated heterocycles. The predicted molar refractivity (Wildman–Crippen MR) is 108 cm³/mol. The summed E-state index contributed by atoms with van der Waals surface area (Å²) >= 11 is 0. The molecule has 2 N–H and O–H groups in total. The molecule has 9 heteroatoms.